The van der Waals surface area contributed by atoms with E-state index in [1.807, 2.05) is 0 Å². The van der Waals surface area contributed by atoms with Crippen LogP contribution in [0.1, 0.15) is 17.3 Å². The van der Waals surface area contributed by atoms with Gasteiger partial charge in [0.15, 0.2) is 0 Å². The Morgan fingerprint density at radius 2 is 1.90 bits per heavy atom. The molecule has 1 aromatic rings. The molecule has 2 rings (SSSR count). The predicted octanol–water partition coefficient (Wildman–Crippen LogP) is 0.740. The normalized spacial score (nSPS) is 18.0. The van der Waals surface area contributed by atoms with Crippen LogP contribution in [0.25, 0.3) is 0 Å². The standard InChI is InChI=1S/C14H17NO5S/c1-10(13(16)15-6-8-20-9-7-15)21(19)12-5-3-2-4-11(12)14(17)18/h2-5,10H,6-9H2,1H3,(H,17,18). The number of rotatable bonds is 4. The highest BCUT2D eigenvalue weighted by Gasteiger charge is 2.29. The molecular formula is C14H17NO5S. The predicted molar refractivity (Wildman–Crippen MR) is 76.7 cm³/mol. The minimum Gasteiger partial charge on any atom is -0.478 e. The van der Waals surface area contributed by atoms with Crippen molar-refractivity contribution in [2.24, 2.45) is 0 Å². The number of amides is 1. The Balaban J connectivity index is 2.19. The Labute approximate surface area is 125 Å². The number of benzene rings is 1. The lowest BCUT2D eigenvalue weighted by atomic mass is 10.2. The molecule has 0 radical (unpaired) electrons. The number of hydrogen-bond donors (Lipinski definition) is 1. The lowest BCUT2D eigenvalue weighted by Gasteiger charge is -2.29. The van der Waals surface area contributed by atoms with Gasteiger partial charge in [-0.3, -0.25) is 9.00 Å². The number of carboxylic acids is 1. The van der Waals surface area contributed by atoms with Crippen molar-refractivity contribution >= 4 is 22.7 Å². The molecule has 0 bridgehead atoms. The number of morpholine rings is 1. The summed E-state index contributed by atoms with van der Waals surface area (Å²) in [6.45, 7) is 3.45. The maximum Gasteiger partial charge on any atom is 0.336 e. The monoisotopic (exact) mass is 311 g/mol. The minimum atomic E-state index is -1.70. The molecule has 2 atom stereocenters. The number of hydrogen-bond acceptors (Lipinski definition) is 4. The van der Waals surface area contributed by atoms with Gasteiger partial charge in [0.25, 0.3) is 0 Å². The van der Waals surface area contributed by atoms with Crippen LogP contribution in [-0.2, 0) is 20.3 Å². The van der Waals surface area contributed by atoms with Crippen LogP contribution >= 0.6 is 0 Å². The number of aromatic carboxylic acids is 1. The lowest BCUT2D eigenvalue weighted by Crippen LogP contribution is -2.46. The fourth-order valence-electron chi connectivity index (χ4n) is 2.14. The molecule has 1 amide bonds. The number of ether oxygens (including phenoxy) is 1. The molecule has 114 valence electrons. The van der Waals surface area contributed by atoms with E-state index in [0.717, 1.165) is 0 Å². The molecule has 6 nitrogen and oxygen atoms in total. The van der Waals surface area contributed by atoms with Crippen LogP contribution in [0.4, 0.5) is 0 Å². The van der Waals surface area contributed by atoms with E-state index in [-0.39, 0.29) is 16.4 Å². The maximum atomic E-state index is 12.5. The molecule has 0 spiro atoms. The van der Waals surface area contributed by atoms with Crippen LogP contribution < -0.4 is 0 Å². The van der Waals surface area contributed by atoms with Crippen LogP contribution in [-0.4, -0.2) is 57.6 Å². The highest BCUT2D eigenvalue weighted by molar-refractivity contribution is 7.86. The smallest absolute Gasteiger partial charge is 0.336 e. The fraction of sp³-hybridized carbons (Fsp3) is 0.429. The second-order valence-electron chi connectivity index (χ2n) is 4.68. The summed E-state index contributed by atoms with van der Waals surface area (Å²) in [5.74, 6) is -1.39. The third-order valence-corrected chi connectivity index (χ3v) is 4.96. The Hall–Kier alpha value is -1.73. The van der Waals surface area contributed by atoms with Crippen LogP contribution in [0, 0.1) is 0 Å². The summed E-state index contributed by atoms with van der Waals surface area (Å²) < 4.78 is 17.7. The Kier molecular flexibility index (Phi) is 5.08. The topological polar surface area (TPSA) is 83.9 Å². The summed E-state index contributed by atoms with van der Waals surface area (Å²) in [6.07, 6.45) is 0. The first kappa shape index (κ1) is 15.7. The second kappa shape index (κ2) is 6.82. The van der Waals surface area contributed by atoms with E-state index in [0.29, 0.717) is 26.3 Å². The first-order valence-electron chi connectivity index (χ1n) is 6.62. The second-order valence-corrected chi connectivity index (χ2v) is 6.42. The summed E-state index contributed by atoms with van der Waals surface area (Å²) in [5, 5.41) is 8.35. The fourth-order valence-corrected chi connectivity index (χ4v) is 3.44. The van der Waals surface area contributed by atoms with Gasteiger partial charge in [-0.05, 0) is 19.1 Å². The third-order valence-electron chi connectivity index (χ3n) is 3.33. The van der Waals surface area contributed by atoms with Crippen molar-refractivity contribution in [3.8, 4) is 0 Å². The van der Waals surface area contributed by atoms with E-state index < -0.39 is 22.0 Å². The molecule has 1 saturated heterocycles. The van der Waals surface area contributed by atoms with Crippen LogP contribution in [0.15, 0.2) is 29.2 Å². The highest BCUT2D eigenvalue weighted by atomic mass is 32.2. The maximum absolute atomic E-state index is 12.5. The zero-order valence-electron chi connectivity index (χ0n) is 11.7. The van der Waals surface area contributed by atoms with Gasteiger partial charge in [-0.15, -0.1) is 0 Å². The van der Waals surface area contributed by atoms with Crippen LogP contribution in [0.3, 0.4) is 0 Å². The van der Waals surface area contributed by atoms with Crippen molar-refractivity contribution in [2.45, 2.75) is 17.1 Å². The molecule has 0 aliphatic carbocycles. The van der Waals surface area contributed by atoms with Gasteiger partial charge in [0.2, 0.25) is 5.91 Å². The Bertz CT molecular complexity index is 568. The summed E-state index contributed by atoms with van der Waals surface area (Å²) in [7, 11) is -1.70. The molecule has 0 aromatic heterocycles. The molecule has 21 heavy (non-hydrogen) atoms. The summed E-state index contributed by atoms with van der Waals surface area (Å²) in [6, 6.07) is 6.06. The zero-order chi connectivity index (χ0) is 15.4. The minimum absolute atomic E-state index is 0.0301. The molecule has 2 unspecified atom stereocenters. The average Bonchev–Trinajstić information content (AvgIpc) is 2.53. The quantitative estimate of drug-likeness (QED) is 0.886. The van der Waals surface area contributed by atoms with Gasteiger partial charge in [0.1, 0.15) is 5.25 Å². The highest BCUT2D eigenvalue weighted by Crippen LogP contribution is 2.18. The first-order chi connectivity index (χ1) is 10.0. The van der Waals surface area contributed by atoms with Crippen molar-refractivity contribution < 1.29 is 23.6 Å². The van der Waals surface area contributed by atoms with Crippen molar-refractivity contribution in [3.05, 3.63) is 29.8 Å². The lowest BCUT2D eigenvalue weighted by molar-refractivity contribution is -0.134. The van der Waals surface area contributed by atoms with E-state index in [1.54, 1.807) is 24.0 Å². The molecule has 0 saturated carbocycles. The molecule has 1 fully saturated rings. The third kappa shape index (κ3) is 3.48. The molecular weight excluding hydrogens is 294 g/mol. The molecule has 1 aliphatic rings. The van der Waals surface area contributed by atoms with Gasteiger partial charge in [-0.1, -0.05) is 12.1 Å². The summed E-state index contributed by atoms with van der Waals surface area (Å²) >= 11 is 0. The van der Waals surface area contributed by atoms with Gasteiger partial charge < -0.3 is 14.7 Å². The van der Waals surface area contributed by atoms with Crippen molar-refractivity contribution in [1.29, 1.82) is 0 Å². The number of carbonyl (C=O) groups is 2. The summed E-state index contributed by atoms with van der Waals surface area (Å²) in [4.78, 5) is 25.3. The number of carbonyl (C=O) groups excluding carboxylic acids is 1. The van der Waals surface area contributed by atoms with Crippen LogP contribution in [0.5, 0.6) is 0 Å². The Morgan fingerprint density at radius 3 is 2.52 bits per heavy atom. The van der Waals surface area contributed by atoms with E-state index in [9.17, 15) is 13.8 Å². The molecule has 7 heteroatoms. The zero-order valence-corrected chi connectivity index (χ0v) is 12.5. The van der Waals surface area contributed by atoms with Gasteiger partial charge >= 0.3 is 5.97 Å². The largest absolute Gasteiger partial charge is 0.478 e. The van der Waals surface area contributed by atoms with Crippen molar-refractivity contribution in [2.75, 3.05) is 26.3 Å². The number of carboxylic acid groups (broad SMARTS) is 1. The molecule has 1 aliphatic heterocycles. The van der Waals surface area contributed by atoms with E-state index in [2.05, 4.69) is 0 Å². The average molecular weight is 311 g/mol. The van der Waals surface area contributed by atoms with E-state index >= 15 is 0 Å². The SMILES string of the molecule is CC(C(=O)N1CCOCC1)S(=O)c1ccccc1C(=O)O. The van der Waals surface area contributed by atoms with Gasteiger partial charge in [0, 0.05) is 13.1 Å². The molecule has 1 aromatic carbocycles. The van der Waals surface area contributed by atoms with Crippen molar-refractivity contribution in [3.63, 3.8) is 0 Å². The number of nitrogens with zero attached hydrogens (tertiary/aromatic N) is 1. The van der Waals surface area contributed by atoms with Gasteiger partial charge in [-0.2, -0.15) is 0 Å². The summed E-state index contributed by atoms with van der Waals surface area (Å²) in [5.41, 5.74) is -0.0301. The van der Waals surface area contributed by atoms with Gasteiger partial charge in [-0.25, -0.2) is 4.79 Å². The van der Waals surface area contributed by atoms with Gasteiger partial charge in [0.05, 0.1) is 34.5 Å². The van der Waals surface area contributed by atoms with Crippen molar-refractivity contribution in [1.82, 2.24) is 4.90 Å². The van der Waals surface area contributed by atoms with Crippen LogP contribution in [0.2, 0.25) is 0 Å². The first-order valence-corrected chi connectivity index (χ1v) is 7.83. The molecule has 1 heterocycles. The molecule has 1 N–H and O–H groups in total. The van der Waals surface area contributed by atoms with E-state index in [4.69, 9.17) is 9.84 Å². The van der Waals surface area contributed by atoms with E-state index in [1.165, 1.54) is 12.1 Å². The Morgan fingerprint density at radius 1 is 1.29 bits per heavy atom.